The van der Waals surface area contributed by atoms with E-state index in [0.29, 0.717) is 10.9 Å². The summed E-state index contributed by atoms with van der Waals surface area (Å²) in [4.78, 5) is 0.468. The Balaban J connectivity index is 1.48. The molecule has 2 heteroatoms. The Morgan fingerprint density at radius 2 is 1.85 bits per heavy atom. The molecule has 1 saturated carbocycles. The highest BCUT2D eigenvalue weighted by atomic mass is 79.9. The molecule has 1 aliphatic carbocycles. The maximum Gasteiger partial charge on any atom is 0.0687 e. The first kappa shape index (κ1) is 14.6. The minimum absolute atomic E-state index is 0.275. The molecule has 0 amide bonds. The maximum atomic E-state index is 6.46. The van der Waals surface area contributed by atoms with Crippen molar-refractivity contribution in [2.45, 2.75) is 74.3 Å². The number of benzene rings is 1. The third kappa shape index (κ3) is 3.46. The van der Waals surface area contributed by atoms with Gasteiger partial charge in [-0.1, -0.05) is 65.5 Å². The van der Waals surface area contributed by atoms with Crippen molar-refractivity contribution in [3.63, 3.8) is 0 Å². The molecular weight excluding hydrogens is 312 g/mol. The van der Waals surface area contributed by atoms with Gasteiger partial charge in [-0.25, -0.2) is 0 Å². The van der Waals surface area contributed by atoms with Gasteiger partial charge in [-0.3, -0.25) is 0 Å². The van der Waals surface area contributed by atoms with Crippen LogP contribution in [0.2, 0.25) is 0 Å². The summed E-state index contributed by atoms with van der Waals surface area (Å²) in [5.41, 5.74) is 1.66. The van der Waals surface area contributed by atoms with Crippen LogP contribution in [0.3, 0.4) is 0 Å². The monoisotopic (exact) mass is 336 g/mol. The van der Waals surface area contributed by atoms with Crippen molar-refractivity contribution in [3.05, 3.63) is 35.9 Å². The molecule has 110 valence electrons. The molecule has 1 aromatic rings. The summed E-state index contributed by atoms with van der Waals surface area (Å²) in [5.74, 6) is 0. The van der Waals surface area contributed by atoms with Crippen LogP contribution < -0.4 is 0 Å². The van der Waals surface area contributed by atoms with Crippen LogP contribution in [0.5, 0.6) is 0 Å². The lowest BCUT2D eigenvalue weighted by molar-refractivity contribution is -0.0659. The quantitative estimate of drug-likeness (QED) is 0.632. The van der Waals surface area contributed by atoms with Crippen LogP contribution in [0.25, 0.3) is 0 Å². The molecular formula is C18H25BrO. The largest absolute Gasteiger partial charge is 0.372 e. The van der Waals surface area contributed by atoms with Gasteiger partial charge in [0.05, 0.1) is 11.7 Å². The van der Waals surface area contributed by atoms with Gasteiger partial charge in [0.1, 0.15) is 0 Å². The van der Waals surface area contributed by atoms with Crippen molar-refractivity contribution in [2.75, 3.05) is 0 Å². The third-order valence-electron chi connectivity index (χ3n) is 5.01. The smallest absolute Gasteiger partial charge is 0.0687 e. The molecule has 2 unspecified atom stereocenters. The molecule has 2 atom stereocenters. The van der Waals surface area contributed by atoms with E-state index < -0.39 is 0 Å². The number of halogens is 1. The summed E-state index contributed by atoms with van der Waals surface area (Å²) < 4.78 is 6.46. The van der Waals surface area contributed by atoms with Gasteiger partial charge < -0.3 is 4.74 Å². The standard InChI is InChI=1S/C18H25BrO/c19-17(15-7-3-1-4-8-15)10-9-16-11-14-18(20-16)12-5-2-6-13-18/h1,3-4,7-8,16-17H,2,5-6,9-14H2. The number of hydrogen-bond acceptors (Lipinski definition) is 1. The van der Waals surface area contributed by atoms with Gasteiger partial charge in [-0.2, -0.15) is 0 Å². The Morgan fingerprint density at radius 3 is 2.60 bits per heavy atom. The van der Waals surface area contributed by atoms with Gasteiger partial charge in [-0.15, -0.1) is 0 Å². The predicted octanol–water partition coefficient (Wildman–Crippen LogP) is 5.78. The van der Waals surface area contributed by atoms with E-state index in [4.69, 9.17) is 4.74 Å². The van der Waals surface area contributed by atoms with Crippen molar-refractivity contribution in [2.24, 2.45) is 0 Å². The molecule has 1 spiro atoms. The van der Waals surface area contributed by atoms with E-state index in [1.807, 2.05) is 0 Å². The molecule has 1 heterocycles. The van der Waals surface area contributed by atoms with Gasteiger partial charge >= 0.3 is 0 Å². The zero-order valence-electron chi connectivity index (χ0n) is 12.2. The van der Waals surface area contributed by atoms with Crippen molar-refractivity contribution in [1.82, 2.24) is 0 Å². The SMILES string of the molecule is BrC(CCC1CCC2(CCCCC2)O1)c1ccccc1. The van der Waals surface area contributed by atoms with Crippen LogP contribution in [0.1, 0.15) is 68.2 Å². The second-order valence-corrected chi connectivity index (χ2v) is 7.58. The molecule has 2 aliphatic rings. The van der Waals surface area contributed by atoms with E-state index in [-0.39, 0.29) is 5.60 Å². The number of hydrogen-bond donors (Lipinski definition) is 0. The first-order chi connectivity index (χ1) is 9.77. The molecule has 2 fully saturated rings. The highest BCUT2D eigenvalue weighted by Crippen LogP contribution is 2.43. The molecule has 3 rings (SSSR count). The summed E-state index contributed by atoms with van der Waals surface area (Å²) in [7, 11) is 0. The van der Waals surface area contributed by atoms with Crippen LogP contribution in [-0.4, -0.2) is 11.7 Å². The van der Waals surface area contributed by atoms with E-state index in [1.165, 1.54) is 63.4 Å². The topological polar surface area (TPSA) is 9.23 Å². The maximum absolute atomic E-state index is 6.46. The van der Waals surface area contributed by atoms with Gasteiger partial charge in [0.15, 0.2) is 0 Å². The minimum atomic E-state index is 0.275. The number of rotatable bonds is 4. The fourth-order valence-electron chi connectivity index (χ4n) is 3.82. The van der Waals surface area contributed by atoms with Gasteiger partial charge in [0, 0.05) is 4.83 Å². The lowest BCUT2D eigenvalue weighted by Crippen LogP contribution is -2.31. The fraction of sp³-hybridized carbons (Fsp3) is 0.667. The van der Waals surface area contributed by atoms with Crippen LogP contribution in [0, 0.1) is 0 Å². The summed E-state index contributed by atoms with van der Waals surface area (Å²) in [6, 6.07) is 10.7. The number of ether oxygens (including phenoxy) is 1. The normalized spacial score (nSPS) is 26.8. The molecule has 0 N–H and O–H groups in total. The van der Waals surface area contributed by atoms with Gasteiger partial charge in [0.2, 0.25) is 0 Å². The van der Waals surface area contributed by atoms with E-state index in [1.54, 1.807) is 0 Å². The van der Waals surface area contributed by atoms with Crippen LogP contribution in [-0.2, 0) is 4.74 Å². The second kappa shape index (κ2) is 6.62. The molecule has 20 heavy (non-hydrogen) atoms. The third-order valence-corrected chi connectivity index (χ3v) is 5.99. The van der Waals surface area contributed by atoms with E-state index >= 15 is 0 Å². The summed E-state index contributed by atoms with van der Waals surface area (Å²) in [6.45, 7) is 0. The van der Waals surface area contributed by atoms with Crippen molar-refractivity contribution >= 4 is 15.9 Å². The van der Waals surface area contributed by atoms with Crippen molar-refractivity contribution in [3.8, 4) is 0 Å². The molecule has 1 nitrogen and oxygen atoms in total. The van der Waals surface area contributed by atoms with Crippen LogP contribution in [0.4, 0.5) is 0 Å². The molecule has 0 bridgehead atoms. The highest BCUT2D eigenvalue weighted by molar-refractivity contribution is 9.09. The van der Waals surface area contributed by atoms with E-state index in [9.17, 15) is 0 Å². The molecule has 1 aromatic carbocycles. The predicted molar refractivity (Wildman–Crippen MR) is 87.3 cm³/mol. The highest BCUT2D eigenvalue weighted by Gasteiger charge is 2.40. The Morgan fingerprint density at radius 1 is 1.10 bits per heavy atom. The van der Waals surface area contributed by atoms with E-state index in [0.717, 1.165) is 0 Å². The number of alkyl halides is 1. The molecule has 0 aromatic heterocycles. The van der Waals surface area contributed by atoms with Crippen LogP contribution in [0.15, 0.2) is 30.3 Å². The van der Waals surface area contributed by atoms with Crippen molar-refractivity contribution < 1.29 is 4.74 Å². The minimum Gasteiger partial charge on any atom is -0.372 e. The van der Waals surface area contributed by atoms with Crippen LogP contribution >= 0.6 is 15.9 Å². The fourth-order valence-corrected chi connectivity index (χ4v) is 4.39. The molecule has 1 aliphatic heterocycles. The Bertz CT molecular complexity index is 411. The van der Waals surface area contributed by atoms with Gasteiger partial charge in [0.25, 0.3) is 0 Å². The van der Waals surface area contributed by atoms with E-state index in [2.05, 4.69) is 46.3 Å². The first-order valence-electron chi connectivity index (χ1n) is 8.14. The molecule has 0 radical (unpaired) electrons. The Hall–Kier alpha value is -0.340. The zero-order valence-corrected chi connectivity index (χ0v) is 13.8. The zero-order chi connectivity index (χ0) is 13.8. The van der Waals surface area contributed by atoms with Gasteiger partial charge in [-0.05, 0) is 44.1 Å². The lowest BCUT2D eigenvalue weighted by atomic mass is 9.83. The Labute approximate surface area is 131 Å². The average Bonchev–Trinajstić information content (AvgIpc) is 2.89. The molecule has 1 saturated heterocycles. The summed E-state index contributed by atoms with van der Waals surface area (Å²) in [5, 5.41) is 0. The van der Waals surface area contributed by atoms with Crippen molar-refractivity contribution in [1.29, 1.82) is 0 Å². The summed E-state index contributed by atoms with van der Waals surface area (Å²) >= 11 is 3.83. The second-order valence-electron chi connectivity index (χ2n) is 6.48. The lowest BCUT2D eigenvalue weighted by Gasteiger charge is -2.33. The first-order valence-corrected chi connectivity index (χ1v) is 9.06. The summed E-state index contributed by atoms with van der Waals surface area (Å²) in [6.07, 6.45) is 12.2. The Kier molecular flexibility index (Phi) is 4.83. The average molecular weight is 337 g/mol.